The predicted octanol–water partition coefficient (Wildman–Crippen LogP) is 3.20. The van der Waals surface area contributed by atoms with Crippen LogP contribution in [0.1, 0.15) is 24.4 Å². The number of hydrogen-bond donors (Lipinski definition) is 1. The summed E-state index contributed by atoms with van der Waals surface area (Å²) in [5.41, 5.74) is 1.14. The molecule has 0 bridgehead atoms. The third-order valence-corrected chi connectivity index (χ3v) is 3.73. The molecule has 1 atom stereocenters. The van der Waals surface area contributed by atoms with Crippen molar-refractivity contribution in [2.75, 3.05) is 26.2 Å². The second-order valence-corrected chi connectivity index (χ2v) is 5.12. The van der Waals surface area contributed by atoms with Crippen LogP contribution in [0.15, 0.2) is 36.9 Å². The van der Waals surface area contributed by atoms with E-state index in [1.807, 2.05) is 18.2 Å². The lowest BCUT2D eigenvalue weighted by atomic mass is 9.99. The van der Waals surface area contributed by atoms with E-state index in [1.54, 1.807) is 12.1 Å². The van der Waals surface area contributed by atoms with Crippen molar-refractivity contribution in [1.29, 1.82) is 0 Å². The summed E-state index contributed by atoms with van der Waals surface area (Å²) in [6, 6.07) is 7.29. The fourth-order valence-corrected chi connectivity index (χ4v) is 2.70. The Balaban J connectivity index is 2.09. The van der Waals surface area contributed by atoms with Gasteiger partial charge in [-0.3, -0.25) is 4.90 Å². The normalized spacial score (nSPS) is 17.7. The Morgan fingerprint density at radius 1 is 1.24 bits per heavy atom. The van der Waals surface area contributed by atoms with Crippen molar-refractivity contribution in [3.05, 3.63) is 42.5 Å². The van der Waals surface area contributed by atoms with Crippen LogP contribution in [0.5, 0.6) is 5.75 Å². The third-order valence-electron chi connectivity index (χ3n) is 3.73. The molecule has 1 aliphatic rings. The molecule has 1 aromatic carbocycles. The lowest BCUT2D eigenvalue weighted by molar-refractivity contribution is -0.0498. The van der Waals surface area contributed by atoms with E-state index >= 15 is 0 Å². The highest BCUT2D eigenvalue weighted by molar-refractivity contribution is 5.29. The maximum absolute atomic E-state index is 12.2. The van der Waals surface area contributed by atoms with E-state index in [9.17, 15) is 8.78 Å². The van der Waals surface area contributed by atoms with Crippen molar-refractivity contribution in [3.8, 4) is 5.75 Å². The zero-order valence-electron chi connectivity index (χ0n) is 12.1. The van der Waals surface area contributed by atoms with Gasteiger partial charge in [-0.05, 0) is 30.5 Å². The first kappa shape index (κ1) is 15.9. The van der Waals surface area contributed by atoms with Crippen LogP contribution < -0.4 is 10.1 Å². The Labute approximate surface area is 124 Å². The van der Waals surface area contributed by atoms with Crippen LogP contribution in [0.3, 0.4) is 0 Å². The summed E-state index contributed by atoms with van der Waals surface area (Å²) in [5.74, 6) is 0.205. The van der Waals surface area contributed by atoms with Crippen molar-refractivity contribution in [2.24, 2.45) is 0 Å². The number of halogens is 2. The molecule has 3 nitrogen and oxygen atoms in total. The lowest BCUT2D eigenvalue weighted by Gasteiger charge is -2.35. The van der Waals surface area contributed by atoms with Gasteiger partial charge in [-0.2, -0.15) is 8.78 Å². The molecule has 1 N–H and O–H groups in total. The molecule has 0 spiro atoms. The summed E-state index contributed by atoms with van der Waals surface area (Å²) in [7, 11) is 0. The molecule has 0 aromatic heterocycles. The van der Waals surface area contributed by atoms with Crippen LogP contribution >= 0.6 is 0 Å². The molecule has 0 aliphatic carbocycles. The first-order valence-electron chi connectivity index (χ1n) is 7.31. The summed E-state index contributed by atoms with van der Waals surface area (Å²) in [4.78, 5) is 2.43. The van der Waals surface area contributed by atoms with E-state index in [0.29, 0.717) is 6.04 Å². The minimum absolute atomic E-state index is 0.205. The highest BCUT2D eigenvalue weighted by Crippen LogP contribution is 2.28. The standard InChI is InChI=1S/C16H22F2N2O/c1-2-3-4-15(20-11-9-19-10-12-20)13-5-7-14(8-6-13)21-16(17)18/h2,5-8,15-16,19H,1,3-4,9-12H2/t15-/m1/s1. The minimum atomic E-state index is -2.78. The first-order valence-corrected chi connectivity index (χ1v) is 7.31. The van der Waals surface area contributed by atoms with Crippen molar-refractivity contribution in [1.82, 2.24) is 10.2 Å². The van der Waals surface area contributed by atoms with Crippen LogP contribution in [0.4, 0.5) is 8.78 Å². The molecule has 0 unspecified atom stereocenters. The maximum Gasteiger partial charge on any atom is 0.387 e. The quantitative estimate of drug-likeness (QED) is 0.782. The van der Waals surface area contributed by atoms with Gasteiger partial charge in [0.25, 0.3) is 0 Å². The lowest BCUT2D eigenvalue weighted by Crippen LogP contribution is -2.45. The Morgan fingerprint density at radius 2 is 1.90 bits per heavy atom. The zero-order valence-corrected chi connectivity index (χ0v) is 12.1. The van der Waals surface area contributed by atoms with Gasteiger partial charge in [0.05, 0.1) is 0 Å². The molecule has 21 heavy (non-hydrogen) atoms. The summed E-state index contributed by atoms with van der Waals surface area (Å²) in [6.07, 6.45) is 3.84. The number of allylic oxidation sites excluding steroid dienone is 1. The van der Waals surface area contributed by atoms with Crippen molar-refractivity contribution in [2.45, 2.75) is 25.5 Å². The van der Waals surface area contributed by atoms with Crippen LogP contribution in [-0.4, -0.2) is 37.7 Å². The van der Waals surface area contributed by atoms with Gasteiger partial charge in [0.15, 0.2) is 0 Å². The van der Waals surface area contributed by atoms with Gasteiger partial charge in [-0.15, -0.1) is 6.58 Å². The van der Waals surface area contributed by atoms with E-state index in [-0.39, 0.29) is 5.75 Å². The smallest absolute Gasteiger partial charge is 0.387 e. The van der Waals surface area contributed by atoms with Gasteiger partial charge in [0.2, 0.25) is 0 Å². The number of nitrogens with zero attached hydrogens (tertiary/aromatic N) is 1. The number of ether oxygens (including phenoxy) is 1. The van der Waals surface area contributed by atoms with E-state index in [0.717, 1.165) is 44.6 Å². The highest BCUT2D eigenvalue weighted by Gasteiger charge is 2.21. The molecule has 1 saturated heterocycles. The summed E-state index contributed by atoms with van der Waals surface area (Å²) < 4.78 is 28.8. The van der Waals surface area contributed by atoms with Crippen LogP contribution in [0, 0.1) is 0 Å². The molecule has 1 aromatic rings. The van der Waals surface area contributed by atoms with Crippen molar-refractivity contribution >= 4 is 0 Å². The van der Waals surface area contributed by atoms with Gasteiger partial charge in [0, 0.05) is 32.2 Å². The number of hydrogen-bond acceptors (Lipinski definition) is 3. The number of benzene rings is 1. The van der Waals surface area contributed by atoms with Crippen molar-refractivity contribution in [3.63, 3.8) is 0 Å². The fourth-order valence-electron chi connectivity index (χ4n) is 2.70. The van der Waals surface area contributed by atoms with E-state index in [2.05, 4.69) is 21.5 Å². The molecular formula is C16H22F2N2O. The Kier molecular flexibility index (Phi) is 6.14. The van der Waals surface area contributed by atoms with Gasteiger partial charge < -0.3 is 10.1 Å². The average molecular weight is 296 g/mol. The number of alkyl halides is 2. The van der Waals surface area contributed by atoms with Crippen LogP contribution in [0.25, 0.3) is 0 Å². The second-order valence-electron chi connectivity index (χ2n) is 5.12. The molecule has 1 heterocycles. The Hall–Kier alpha value is -1.46. The Bertz CT molecular complexity index is 430. The van der Waals surface area contributed by atoms with E-state index < -0.39 is 6.61 Å². The molecule has 2 rings (SSSR count). The number of piperazine rings is 1. The number of nitrogens with one attached hydrogen (secondary N) is 1. The molecule has 0 saturated carbocycles. The molecular weight excluding hydrogens is 274 g/mol. The van der Waals surface area contributed by atoms with Crippen molar-refractivity contribution < 1.29 is 13.5 Å². The van der Waals surface area contributed by atoms with E-state index in [4.69, 9.17) is 0 Å². The van der Waals surface area contributed by atoms with Crippen LogP contribution in [-0.2, 0) is 0 Å². The summed E-state index contributed by atoms with van der Waals surface area (Å²) >= 11 is 0. The molecule has 0 amide bonds. The molecule has 1 fully saturated rings. The molecule has 0 radical (unpaired) electrons. The number of rotatable bonds is 7. The molecule has 1 aliphatic heterocycles. The zero-order chi connectivity index (χ0) is 15.1. The maximum atomic E-state index is 12.2. The van der Waals surface area contributed by atoms with Gasteiger partial charge >= 0.3 is 6.61 Å². The minimum Gasteiger partial charge on any atom is -0.435 e. The second kappa shape index (κ2) is 8.10. The summed E-state index contributed by atoms with van der Waals surface area (Å²) in [5, 5.41) is 3.34. The summed E-state index contributed by atoms with van der Waals surface area (Å²) in [6.45, 7) is 4.97. The SMILES string of the molecule is C=CCC[C@H](c1ccc(OC(F)F)cc1)N1CCNCC1. The highest BCUT2D eigenvalue weighted by atomic mass is 19.3. The third kappa shape index (κ3) is 4.79. The average Bonchev–Trinajstić information content (AvgIpc) is 2.50. The first-order chi connectivity index (χ1) is 10.2. The van der Waals surface area contributed by atoms with Gasteiger partial charge in [-0.1, -0.05) is 18.2 Å². The van der Waals surface area contributed by atoms with E-state index in [1.165, 1.54) is 0 Å². The Morgan fingerprint density at radius 3 is 2.48 bits per heavy atom. The van der Waals surface area contributed by atoms with Gasteiger partial charge in [-0.25, -0.2) is 0 Å². The monoisotopic (exact) mass is 296 g/mol. The molecule has 116 valence electrons. The fraction of sp³-hybridized carbons (Fsp3) is 0.500. The topological polar surface area (TPSA) is 24.5 Å². The predicted molar refractivity (Wildman–Crippen MR) is 79.7 cm³/mol. The largest absolute Gasteiger partial charge is 0.435 e. The van der Waals surface area contributed by atoms with Crippen LogP contribution in [0.2, 0.25) is 0 Å². The van der Waals surface area contributed by atoms with Gasteiger partial charge in [0.1, 0.15) is 5.75 Å². The molecule has 5 heteroatoms.